The van der Waals surface area contributed by atoms with Gasteiger partial charge in [0.25, 0.3) is 0 Å². The molecule has 1 aromatic rings. The molecule has 2 amide bonds. The summed E-state index contributed by atoms with van der Waals surface area (Å²) in [6.45, 7) is 5.93. The highest BCUT2D eigenvalue weighted by atomic mass is 16.6. The van der Waals surface area contributed by atoms with Crippen LogP contribution < -0.4 is 0 Å². The summed E-state index contributed by atoms with van der Waals surface area (Å²) in [6.07, 6.45) is 2.93. The molecule has 3 rings (SSSR count). The van der Waals surface area contributed by atoms with Crippen molar-refractivity contribution in [1.82, 2.24) is 9.80 Å². The second-order valence-corrected chi connectivity index (χ2v) is 8.55. The average Bonchev–Trinajstić information content (AvgIpc) is 2.88. The van der Waals surface area contributed by atoms with Gasteiger partial charge in [0.05, 0.1) is 0 Å². The average molecular weight is 374 g/mol. The minimum Gasteiger partial charge on any atom is -0.445 e. The van der Waals surface area contributed by atoms with Gasteiger partial charge in [0.2, 0.25) is 0 Å². The first-order valence-corrected chi connectivity index (χ1v) is 9.69. The number of hydrogen-bond acceptors (Lipinski definition) is 4. The van der Waals surface area contributed by atoms with E-state index >= 15 is 0 Å². The van der Waals surface area contributed by atoms with Crippen LogP contribution in [0.5, 0.6) is 0 Å². The fourth-order valence-corrected chi connectivity index (χ4v) is 4.05. The summed E-state index contributed by atoms with van der Waals surface area (Å²) in [4.78, 5) is 28.6. The van der Waals surface area contributed by atoms with Crippen LogP contribution in [-0.2, 0) is 16.1 Å². The Morgan fingerprint density at radius 3 is 2.26 bits per heavy atom. The summed E-state index contributed by atoms with van der Waals surface area (Å²) in [6, 6.07) is 10.0. The molecule has 0 aromatic heterocycles. The third-order valence-corrected chi connectivity index (χ3v) is 5.35. The van der Waals surface area contributed by atoms with E-state index in [2.05, 4.69) is 0 Å². The van der Waals surface area contributed by atoms with Crippen molar-refractivity contribution < 1.29 is 19.1 Å². The minimum absolute atomic E-state index is 0.0875. The first-order chi connectivity index (χ1) is 12.7. The van der Waals surface area contributed by atoms with Gasteiger partial charge in [-0.3, -0.25) is 0 Å². The predicted octanol–water partition coefficient (Wildman–Crippen LogP) is 4.19. The summed E-state index contributed by atoms with van der Waals surface area (Å²) in [5.74, 6) is 0. The van der Waals surface area contributed by atoms with Crippen LogP contribution in [0, 0.1) is 0 Å². The number of ether oxygens (including phenoxy) is 2. The number of amides is 2. The third-order valence-electron chi connectivity index (χ3n) is 5.35. The van der Waals surface area contributed by atoms with E-state index in [1.165, 1.54) is 0 Å². The molecule has 6 heteroatoms. The van der Waals surface area contributed by atoms with Crippen molar-refractivity contribution in [2.45, 2.75) is 76.8 Å². The van der Waals surface area contributed by atoms with Crippen molar-refractivity contribution in [2.75, 3.05) is 7.05 Å². The van der Waals surface area contributed by atoms with Gasteiger partial charge in [-0.2, -0.15) is 0 Å². The quantitative estimate of drug-likeness (QED) is 0.796. The number of piperidine rings is 1. The van der Waals surface area contributed by atoms with Gasteiger partial charge in [-0.05, 0) is 52.0 Å². The Bertz CT molecular complexity index is 657. The van der Waals surface area contributed by atoms with Crippen molar-refractivity contribution in [2.24, 2.45) is 0 Å². The Morgan fingerprint density at radius 2 is 1.70 bits per heavy atom. The predicted molar refractivity (Wildman–Crippen MR) is 102 cm³/mol. The zero-order valence-electron chi connectivity index (χ0n) is 16.7. The van der Waals surface area contributed by atoms with E-state index in [9.17, 15) is 9.59 Å². The monoisotopic (exact) mass is 374 g/mol. The molecule has 27 heavy (non-hydrogen) atoms. The molecular formula is C21H30N2O4. The molecule has 2 fully saturated rings. The topological polar surface area (TPSA) is 59.1 Å². The van der Waals surface area contributed by atoms with Crippen LogP contribution in [0.4, 0.5) is 9.59 Å². The highest BCUT2D eigenvalue weighted by Crippen LogP contribution is 2.38. The molecule has 2 heterocycles. The molecule has 2 aliphatic heterocycles. The lowest BCUT2D eigenvalue weighted by Gasteiger charge is -2.42. The summed E-state index contributed by atoms with van der Waals surface area (Å²) in [5, 5.41) is 0. The molecule has 3 atom stereocenters. The minimum atomic E-state index is -0.495. The normalized spacial score (nSPS) is 24.4. The molecule has 148 valence electrons. The smallest absolute Gasteiger partial charge is 0.410 e. The van der Waals surface area contributed by atoms with Crippen LogP contribution in [0.15, 0.2) is 30.3 Å². The van der Waals surface area contributed by atoms with Crippen molar-refractivity contribution in [3.63, 3.8) is 0 Å². The van der Waals surface area contributed by atoms with Crippen molar-refractivity contribution >= 4 is 12.2 Å². The SMILES string of the molecule is CN(C(=O)OCc1ccccc1)[C@@H]1C[C@H]2CC[C@@H](C1)N2C(=O)OC(C)(C)C. The maximum Gasteiger partial charge on any atom is 0.410 e. The maximum absolute atomic E-state index is 12.5. The van der Waals surface area contributed by atoms with Gasteiger partial charge >= 0.3 is 12.2 Å². The van der Waals surface area contributed by atoms with Gasteiger partial charge in [-0.15, -0.1) is 0 Å². The second kappa shape index (κ2) is 7.79. The number of rotatable bonds is 3. The Kier molecular flexibility index (Phi) is 5.63. The zero-order valence-corrected chi connectivity index (χ0v) is 16.7. The van der Waals surface area contributed by atoms with Crippen LogP contribution in [0.3, 0.4) is 0 Å². The van der Waals surface area contributed by atoms with Crippen LogP contribution in [-0.4, -0.2) is 52.8 Å². The molecule has 0 N–H and O–H groups in total. The lowest BCUT2D eigenvalue weighted by Crippen LogP contribution is -2.53. The van der Waals surface area contributed by atoms with Gasteiger partial charge in [0, 0.05) is 25.2 Å². The molecule has 2 saturated heterocycles. The first kappa shape index (κ1) is 19.5. The number of nitrogens with zero attached hydrogens (tertiary/aromatic N) is 2. The lowest BCUT2D eigenvalue weighted by molar-refractivity contribution is -0.00250. The molecule has 0 spiro atoms. The van der Waals surface area contributed by atoms with Crippen LogP contribution in [0.1, 0.15) is 52.0 Å². The standard InChI is InChI=1S/C21H30N2O4/c1-21(2,3)27-20(25)23-16-10-11-17(23)13-18(12-16)22(4)19(24)26-14-15-8-6-5-7-9-15/h5-9,16-18H,10-14H2,1-4H3/t16-,17+,18-. The van der Waals surface area contributed by atoms with E-state index in [0.717, 1.165) is 31.2 Å². The fraction of sp³-hybridized carbons (Fsp3) is 0.619. The van der Waals surface area contributed by atoms with Crippen LogP contribution in [0.25, 0.3) is 0 Å². The van der Waals surface area contributed by atoms with Gasteiger partial charge in [0.1, 0.15) is 12.2 Å². The molecule has 0 saturated carbocycles. The van der Waals surface area contributed by atoms with Gasteiger partial charge in [0.15, 0.2) is 0 Å². The van der Waals surface area contributed by atoms with Crippen molar-refractivity contribution in [3.05, 3.63) is 35.9 Å². The molecule has 2 aliphatic rings. The fourth-order valence-electron chi connectivity index (χ4n) is 4.05. The molecule has 1 aromatic carbocycles. The van der Waals surface area contributed by atoms with E-state index < -0.39 is 5.60 Å². The molecule has 0 radical (unpaired) electrons. The second-order valence-electron chi connectivity index (χ2n) is 8.55. The molecule has 0 aliphatic carbocycles. The largest absolute Gasteiger partial charge is 0.445 e. The highest BCUT2D eigenvalue weighted by molar-refractivity contribution is 5.70. The number of benzene rings is 1. The van der Waals surface area contributed by atoms with Crippen molar-refractivity contribution in [3.8, 4) is 0 Å². The van der Waals surface area contributed by atoms with Gasteiger partial charge in [-0.25, -0.2) is 9.59 Å². The van der Waals surface area contributed by atoms with Gasteiger partial charge < -0.3 is 19.3 Å². The van der Waals surface area contributed by atoms with E-state index in [-0.39, 0.29) is 36.9 Å². The summed E-state index contributed by atoms with van der Waals surface area (Å²) in [7, 11) is 1.79. The summed E-state index contributed by atoms with van der Waals surface area (Å²) < 4.78 is 11.0. The Morgan fingerprint density at radius 1 is 1.11 bits per heavy atom. The molecule has 6 nitrogen and oxygen atoms in total. The third kappa shape index (κ3) is 4.73. The van der Waals surface area contributed by atoms with Gasteiger partial charge in [-0.1, -0.05) is 30.3 Å². The van der Waals surface area contributed by atoms with Crippen molar-refractivity contribution in [1.29, 1.82) is 0 Å². The summed E-state index contributed by atoms with van der Waals surface area (Å²) >= 11 is 0. The van der Waals surface area contributed by atoms with E-state index in [1.54, 1.807) is 11.9 Å². The zero-order chi connectivity index (χ0) is 19.6. The van der Waals surface area contributed by atoms with Crippen LogP contribution >= 0.6 is 0 Å². The van der Waals surface area contributed by atoms with E-state index in [1.807, 2.05) is 56.0 Å². The number of carbonyl (C=O) groups is 2. The molecule has 2 bridgehead atoms. The number of carbonyl (C=O) groups excluding carboxylic acids is 2. The van der Waals surface area contributed by atoms with E-state index in [4.69, 9.17) is 9.47 Å². The number of hydrogen-bond donors (Lipinski definition) is 0. The van der Waals surface area contributed by atoms with E-state index in [0.29, 0.717) is 0 Å². The Hall–Kier alpha value is -2.24. The maximum atomic E-state index is 12.5. The Labute approximate surface area is 161 Å². The molecule has 0 unspecified atom stereocenters. The summed E-state index contributed by atoms with van der Waals surface area (Å²) in [5.41, 5.74) is 0.477. The Balaban J connectivity index is 1.55. The number of fused-ring (bicyclic) bond motifs is 2. The molecular weight excluding hydrogens is 344 g/mol. The first-order valence-electron chi connectivity index (χ1n) is 9.69. The highest BCUT2D eigenvalue weighted by Gasteiger charge is 2.46. The lowest BCUT2D eigenvalue weighted by atomic mass is 9.97. The van der Waals surface area contributed by atoms with Crippen LogP contribution in [0.2, 0.25) is 0 Å².